The Kier molecular flexibility index (Phi) is 14.7. The largest absolute Gasteiger partial charge is 0.459 e. The number of methoxy groups -OCH3 is 3. The highest BCUT2D eigenvalue weighted by molar-refractivity contribution is 5.92. The summed E-state index contributed by atoms with van der Waals surface area (Å²) in [6.45, 7) is 11.4. The molecule has 0 aromatic rings. The fourth-order valence-electron chi connectivity index (χ4n) is 12.6. The van der Waals surface area contributed by atoms with Crippen LogP contribution in [0.25, 0.3) is 0 Å². The van der Waals surface area contributed by atoms with Gasteiger partial charge in [0.25, 0.3) is 0 Å². The minimum Gasteiger partial charge on any atom is -0.459 e. The number of hydrogen-bond acceptors (Lipinski definition) is 19. The number of rotatable bonds is 11. The summed E-state index contributed by atoms with van der Waals surface area (Å²) in [6, 6.07) is 0. The summed E-state index contributed by atoms with van der Waals surface area (Å²) in [4.78, 5) is 26.8. The van der Waals surface area contributed by atoms with Crippen LogP contribution in [0, 0.1) is 23.2 Å². The van der Waals surface area contributed by atoms with E-state index in [-0.39, 0.29) is 42.4 Å². The van der Waals surface area contributed by atoms with Crippen LogP contribution < -0.4 is 0 Å². The standard InChI is InChI=1S/C48H72O19/c1-21-38(50)31(54-7)18-35(58-21)65-41-23(3)60-36(19-32(41)55-8)64-40-22(2)59-34(17-30(40)49)66-42-24(4)61-46(39(51)43(42)56-9)62-26-14-15-47(5)25(16-26)10-11-27-29(47)13-12-28-37-33(63-44(27)52)20-57-48(37,6)67-45(28)53/h10,12,21-24,26-27,29-43,46,49-51H,11,13-20H2,1-9H3/b28-12-/t21-,22-,23-,24+,26-,27+,29+,30-,31-,32-,33+,34+,35+,36+,37+,38-,39+,40-,41-,42+,43+,46-,47+,48+/m1/s1. The van der Waals surface area contributed by atoms with Gasteiger partial charge in [0.1, 0.15) is 42.7 Å². The lowest BCUT2D eigenvalue weighted by Crippen LogP contribution is -2.61. The van der Waals surface area contributed by atoms with Crippen molar-refractivity contribution < 1.29 is 91.2 Å². The summed E-state index contributed by atoms with van der Waals surface area (Å²) in [6.07, 6.45) is -5.11. The van der Waals surface area contributed by atoms with Gasteiger partial charge in [0.2, 0.25) is 5.79 Å². The topological polar surface area (TPSA) is 224 Å². The molecule has 67 heavy (non-hydrogen) atoms. The van der Waals surface area contributed by atoms with Gasteiger partial charge in [-0.05, 0) is 71.1 Å². The van der Waals surface area contributed by atoms with E-state index in [4.69, 9.17) is 66.3 Å². The van der Waals surface area contributed by atoms with E-state index in [9.17, 15) is 24.9 Å². The van der Waals surface area contributed by atoms with Crippen LogP contribution >= 0.6 is 0 Å². The van der Waals surface area contributed by atoms with E-state index >= 15 is 0 Å². The lowest BCUT2D eigenvalue weighted by atomic mass is 9.55. The van der Waals surface area contributed by atoms with Crippen molar-refractivity contribution >= 4 is 11.9 Å². The van der Waals surface area contributed by atoms with Crippen LogP contribution in [0.15, 0.2) is 23.3 Å². The molecular formula is C48H72O19. The maximum Gasteiger partial charge on any atom is 0.336 e. The van der Waals surface area contributed by atoms with Gasteiger partial charge in [-0.1, -0.05) is 24.6 Å². The molecule has 0 radical (unpaired) electrons. The van der Waals surface area contributed by atoms with Gasteiger partial charge in [0, 0.05) is 53.1 Å². The van der Waals surface area contributed by atoms with Crippen LogP contribution in [-0.2, 0) is 75.9 Å². The number of aliphatic hydroxyl groups is 3. The van der Waals surface area contributed by atoms with Crippen molar-refractivity contribution in [3.63, 3.8) is 0 Å². The lowest BCUT2D eigenvalue weighted by molar-refractivity contribution is -0.356. The molecule has 19 heteroatoms. The van der Waals surface area contributed by atoms with Crippen molar-refractivity contribution in [3.8, 4) is 0 Å². The number of aliphatic hydroxyl groups excluding tert-OH is 3. The van der Waals surface area contributed by atoms with Gasteiger partial charge < -0.3 is 81.6 Å². The Balaban J connectivity index is 0.777. The summed E-state index contributed by atoms with van der Waals surface area (Å²) in [7, 11) is 4.64. The molecule has 0 bridgehead atoms. The van der Waals surface area contributed by atoms with Gasteiger partial charge in [-0.25, -0.2) is 4.79 Å². The van der Waals surface area contributed by atoms with Crippen LogP contribution in [0.5, 0.6) is 0 Å². The molecule has 0 unspecified atom stereocenters. The summed E-state index contributed by atoms with van der Waals surface area (Å²) < 4.78 is 85.2. The number of allylic oxidation sites excluding steroid dienone is 2. The lowest BCUT2D eigenvalue weighted by Gasteiger charge is -2.51. The molecule has 24 atom stereocenters. The molecular weight excluding hydrogens is 881 g/mol. The fourth-order valence-corrected chi connectivity index (χ4v) is 12.6. The van der Waals surface area contributed by atoms with Gasteiger partial charge in [0.05, 0.1) is 67.3 Å². The van der Waals surface area contributed by atoms with Gasteiger partial charge >= 0.3 is 11.9 Å². The predicted molar refractivity (Wildman–Crippen MR) is 229 cm³/mol. The van der Waals surface area contributed by atoms with Gasteiger partial charge in [-0.2, -0.15) is 0 Å². The molecule has 9 rings (SSSR count). The Morgan fingerprint density at radius 2 is 1.33 bits per heavy atom. The summed E-state index contributed by atoms with van der Waals surface area (Å²) in [5.41, 5.74) is 1.35. The van der Waals surface area contributed by atoms with E-state index in [1.165, 1.54) is 12.7 Å². The molecule has 19 nitrogen and oxygen atoms in total. The number of carbonyl (C=O) groups is 2. The normalized spacial score (nSPS) is 51.9. The molecule has 0 amide bonds. The maximum absolute atomic E-state index is 13.8. The number of carbonyl (C=O) groups excluding carboxylic acids is 2. The molecule has 6 saturated heterocycles. The van der Waals surface area contributed by atoms with Crippen molar-refractivity contribution in [1.82, 2.24) is 0 Å². The van der Waals surface area contributed by atoms with Crippen molar-refractivity contribution in [2.45, 2.75) is 215 Å². The van der Waals surface area contributed by atoms with Crippen LogP contribution in [0.4, 0.5) is 0 Å². The zero-order valence-corrected chi connectivity index (χ0v) is 40.1. The Morgan fingerprint density at radius 1 is 0.687 bits per heavy atom. The summed E-state index contributed by atoms with van der Waals surface area (Å²) in [5, 5.41) is 33.5. The number of hydrogen-bond donors (Lipinski definition) is 3. The third kappa shape index (κ3) is 9.43. The molecule has 2 aliphatic carbocycles. The first kappa shape index (κ1) is 49.8. The minimum absolute atomic E-state index is 0.0712. The van der Waals surface area contributed by atoms with Crippen LogP contribution in [-0.4, -0.2) is 178 Å². The van der Waals surface area contributed by atoms with Crippen LogP contribution in [0.3, 0.4) is 0 Å². The van der Waals surface area contributed by atoms with Gasteiger partial charge in [-0.15, -0.1) is 0 Å². The van der Waals surface area contributed by atoms with Crippen molar-refractivity contribution in [2.24, 2.45) is 23.2 Å². The highest BCUT2D eigenvalue weighted by Crippen LogP contribution is 2.56. The Labute approximate surface area is 392 Å². The molecule has 0 aromatic carbocycles. The maximum atomic E-state index is 13.8. The third-order valence-corrected chi connectivity index (χ3v) is 16.4. The second kappa shape index (κ2) is 19.8. The quantitative estimate of drug-likeness (QED) is 0.200. The smallest absolute Gasteiger partial charge is 0.336 e. The first-order valence-electron chi connectivity index (χ1n) is 24.3. The average molecular weight is 953 g/mol. The van der Waals surface area contributed by atoms with E-state index in [1.807, 2.05) is 19.9 Å². The minimum atomic E-state index is -1.21. The molecule has 0 spiro atoms. The van der Waals surface area contributed by atoms with Crippen molar-refractivity contribution in [3.05, 3.63) is 23.3 Å². The monoisotopic (exact) mass is 952 g/mol. The van der Waals surface area contributed by atoms with E-state index in [0.29, 0.717) is 50.5 Å². The Bertz CT molecular complexity index is 1830. The SMILES string of the molecule is CO[C@H]1[C@H](O)[C@@H](O[C@@H]2CC[C@@]3(C)C(=CC[C@@H]4C(=O)O[C@H]5CO[C@@]6(C)OC(=O)/C(=C\C[C@@H]43)[C@@H]56)C2)O[C@@H](C)[C@@H]1O[C@H]1C[C@@H](O)[C@H](O[C@H]2C[C@@H](OC)[C@H](O[C@H]3C[C@@H](OC)[C@H](O)[C@@H](C)O3)[C@@H](C)O2)[C@@H](C)O1. The highest BCUT2D eigenvalue weighted by Gasteiger charge is 2.62. The Hall–Kier alpha value is -2.18. The summed E-state index contributed by atoms with van der Waals surface area (Å²) >= 11 is 0. The molecule has 7 aliphatic heterocycles. The Morgan fingerprint density at radius 3 is 2.03 bits per heavy atom. The number of ether oxygens (including phenoxy) is 14. The van der Waals surface area contributed by atoms with Crippen LogP contribution in [0.1, 0.15) is 92.9 Å². The van der Waals surface area contributed by atoms with Gasteiger partial charge in [-0.3, -0.25) is 4.79 Å². The van der Waals surface area contributed by atoms with Gasteiger partial charge in [0.15, 0.2) is 25.2 Å². The fraction of sp³-hybridized carbons (Fsp3) is 0.875. The molecule has 7 fully saturated rings. The highest BCUT2D eigenvalue weighted by atomic mass is 16.8. The second-order valence-electron chi connectivity index (χ2n) is 20.5. The first-order chi connectivity index (χ1) is 31.9. The van der Waals surface area contributed by atoms with Crippen LogP contribution in [0.2, 0.25) is 0 Å². The molecule has 1 saturated carbocycles. The van der Waals surface area contributed by atoms with Crippen molar-refractivity contribution in [1.29, 1.82) is 0 Å². The van der Waals surface area contributed by atoms with E-state index < -0.39 is 128 Å². The number of fused-ring (bicyclic) bond motifs is 3. The molecule has 7 heterocycles. The van der Waals surface area contributed by atoms with E-state index in [0.717, 1.165) is 0 Å². The predicted octanol–water partition coefficient (Wildman–Crippen LogP) is 2.72. The average Bonchev–Trinajstić information content (AvgIpc) is 3.75. The molecule has 378 valence electrons. The van der Waals surface area contributed by atoms with E-state index in [1.54, 1.807) is 35.0 Å². The third-order valence-electron chi connectivity index (χ3n) is 16.4. The summed E-state index contributed by atoms with van der Waals surface area (Å²) in [5.74, 6) is -2.75. The molecule has 9 aliphatic rings. The number of esters is 2. The van der Waals surface area contributed by atoms with Crippen molar-refractivity contribution in [2.75, 3.05) is 27.9 Å². The van der Waals surface area contributed by atoms with E-state index in [2.05, 4.69) is 13.0 Å². The zero-order valence-electron chi connectivity index (χ0n) is 40.1. The zero-order chi connectivity index (χ0) is 47.7. The molecule has 0 aromatic heterocycles. The first-order valence-corrected chi connectivity index (χ1v) is 24.3. The second-order valence-corrected chi connectivity index (χ2v) is 20.5. The molecule has 3 N–H and O–H groups in total.